The second-order valence-corrected chi connectivity index (χ2v) is 15.7. The molecular formula is C53H70N2O5. The molecule has 0 bridgehead atoms. The van der Waals surface area contributed by atoms with Gasteiger partial charge in [0.25, 0.3) is 0 Å². The van der Waals surface area contributed by atoms with E-state index in [4.69, 9.17) is 23.7 Å². The third-order valence-corrected chi connectivity index (χ3v) is 10.4. The Morgan fingerprint density at radius 3 is 0.983 bits per heavy atom. The number of aryl methyl sites for hydroxylation is 3. The minimum atomic E-state index is 0.590. The first kappa shape index (κ1) is 45.8. The van der Waals surface area contributed by atoms with Gasteiger partial charge in [0.1, 0.15) is 22.9 Å². The van der Waals surface area contributed by atoms with E-state index in [0.717, 1.165) is 133 Å². The van der Waals surface area contributed by atoms with Crippen LogP contribution in [-0.4, -0.2) is 33.0 Å². The first-order valence-electron chi connectivity index (χ1n) is 22.6. The molecule has 7 nitrogen and oxygen atoms in total. The molecule has 0 N–H and O–H groups in total. The number of benzene rings is 5. The van der Waals surface area contributed by atoms with Crippen molar-refractivity contribution in [2.24, 2.45) is 0 Å². The highest BCUT2D eigenvalue weighted by Crippen LogP contribution is 2.50. The van der Waals surface area contributed by atoms with Crippen molar-refractivity contribution in [2.45, 2.75) is 120 Å². The molecule has 0 saturated heterocycles. The fraction of sp³-hybridized carbons (Fsp3) is 0.434. The molecule has 0 aliphatic carbocycles. The molecule has 0 aliphatic heterocycles. The van der Waals surface area contributed by atoms with Gasteiger partial charge in [0, 0.05) is 40.9 Å². The molecule has 0 aliphatic rings. The summed E-state index contributed by atoms with van der Waals surface area (Å²) in [5, 5.41) is 0. The molecule has 0 atom stereocenters. The molecule has 0 saturated carbocycles. The van der Waals surface area contributed by atoms with Gasteiger partial charge in [-0.1, -0.05) is 102 Å². The number of nitrogens with zero attached hydrogens (tertiary/aromatic N) is 2. The first-order valence-corrected chi connectivity index (χ1v) is 22.6. The number of rotatable bonds is 26. The van der Waals surface area contributed by atoms with Gasteiger partial charge in [0.05, 0.1) is 38.7 Å². The lowest BCUT2D eigenvalue weighted by Gasteiger charge is -2.32. The van der Waals surface area contributed by atoms with Crippen molar-refractivity contribution >= 4 is 34.1 Å². The summed E-state index contributed by atoms with van der Waals surface area (Å²) in [5.74, 6) is 3.87. The quantitative estimate of drug-likeness (QED) is 0.0515. The minimum Gasteiger partial charge on any atom is -0.493 e. The molecule has 7 heteroatoms. The Hall–Kier alpha value is -5.30. The van der Waals surface area contributed by atoms with E-state index in [1.807, 2.05) is 12.1 Å². The minimum absolute atomic E-state index is 0.590. The third kappa shape index (κ3) is 12.6. The molecular weight excluding hydrogens is 745 g/mol. The highest BCUT2D eigenvalue weighted by Gasteiger charge is 2.26. The van der Waals surface area contributed by atoms with Gasteiger partial charge < -0.3 is 33.5 Å². The van der Waals surface area contributed by atoms with Crippen molar-refractivity contribution in [1.29, 1.82) is 0 Å². The zero-order valence-electron chi connectivity index (χ0n) is 37.8. The van der Waals surface area contributed by atoms with Crippen molar-refractivity contribution in [3.8, 4) is 28.7 Å². The average molecular weight is 815 g/mol. The average Bonchev–Trinajstić information content (AvgIpc) is 3.25. The predicted molar refractivity (Wildman–Crippen MR) is 252 cm³/mol. The Bertz CT molecular complexity index is 1980. The highest BCUT2D eigenvalue weighted by atomic mass is 16.5. The monoisotopic (exact) mass is 815 g/mol. The molecule has 5 aromatic rings. The van der Waals surface area contributed by atoms with Gasteiger partial charge in [-0.05, 0) is 113 Å². The lowest BCUT2D eigenvalue weighted by Crippen LogP contribution is -2.16. The summed E-state index contributed by atoms with van der Waals surface area (Å²) in [7, 11) is 0. The van der Waals surface area contributed by atoms with E-state index in [1.165, 1.54) is 11.1 Å². The van der Waals surface area contributed by atoms with Crippen LogP contribution in [0.2, 0.25) is 0 Å². The molecule has 0 spiro atoms. The number of hydrogen-bond acceptors (Lipinski definition) is 7. The van der Waals surface area contributed by atoms with E-state index in [-0.39, 0.29) is 0 Å². The lowest BCUT2D eigenvalue weighted by atomic mass is 10.1. The van der Waals surface area contributed by atoms with E-state index >= 15 is 0 Å². The van der Waals surface area contributed by atoms with Crippen LogP contribution >= 0.6 is 0 Å². The van der Waals surface area contributed by atoms with Crippen LogP contribution in [0.4, 0.5) is 34.1 Å². The van der Waals surface area contributed by atoms with Crippen molar-refractivity contribution in [3.63, 3.8) is 0 Å². The number of unbranched alkanes of at least 4 members (excludes halogenated alkanes) is 5. The SMILES string of the molecule is CCCCOc1cc(C)c(N(c2ccc(C)cc2)c2ccc(N(c3ccc(C)cc3)c3c(OCCCC)cc(OCCCC)cc3OCCCC)cc2)c(OCCCC)c1. The summed E-state index contributed by atoms with van der Waals surface area (Å²) in [6.07, 6.45) is 10.1. The summed E-state index contributed by atoms with van der Waals surface area (Å²) in [6, 6.07) is 34.5. The van der Waals surface area contributed by atoms with Gasteiger partial charge in [0.2, 0.25) is 0 Å². The summed E-state index contributed by atoms with van der Waals surface area (Å²) in [4.78, 5) is 4.58. The summed E-state index contributed by atoms with van der Waals surface area (Å²) >= 11 is 0. The van der Waals surface area contributed by atoms with Crippen LogP contribution in [0, 0.1) is 20.8 Å². The smallest absolute Gasteiger partial charge is 0.150 e. The highest BCUT2D eigenvalue weighted by molar-refractivity contribution is 5.88. The third-order valence-electron chi connectivity index (χ3n) is 10.4. The number of ether oxygens (including phenoxy) is 5. The van der Waals surface area contributed by atoms with Crippen LogP contribution in [0.1, 0.15) is 116 Å². The van der Waals surface area contributed by atoms with Gasteiger partial charge in [-0.2, -0.15) is 0 Å². The molecule has 0 radical (unpaired) electrons. The number of anilines is 6. The Balaban J connectivity index is 1.69. The van der Waals surface area contributed by atoms with Crippen molar-refractivity contribution < 1.29 is 23.7 Å². The zero-order chi connectivity index (χ0) is 42.7. The van der Waals surface area contributed by atoms with E-state index in [9.17, 15) is 0 Å². The van der Waals surface area contributed by atoms with Crippen LogP contribution in [0.15, 0.2) is 97.1 Å². The number of hydrogen-bond donors (Lipinski definition) is 0. The molecule has 0 fully saturated rings. The Morgan fingerprint density at radius 1 is 0.350 bits per heavy atom. The van der Waals surface area contributed by atoms with Crippen LogP contribution < -0.4 is 33.5 Å². The molecule has 60 heavy (non-hydrogen) atoms. The van der Waals surface area contributed by atoms with Gasteiger partial charge in [-0.25, -0.2) is 0 Å². The standard InChI is InChI=1S/C53H70N2O5/c1-9-14-31-56-47-36-42(8)52(49(37-47)58-33-16-11-3)54(43-23-19-40(6)20-24-43)45-27-29-46(30-28-45)55(44-25-21-41(7)22-26-44)53-50(59-34-17-12-4)38-48(57-32-15-10-2)39-51(53)60-35-18-13-5/h19-30,36-39H,9-18,31-35H2,1-8H3. The van der Waals surface area contributed by atoms with Crippen LogP contribution in [0.25, 0.3) is 0 Å². The Labute approximate surface area is 361 Å². The van der Waals surface area contributed by atoms with Crippen LogP contribution in [0.3, 0.4) is 0 Å². The van der Waals surface area contributed by atoms with Crippen molar-refractivity contribution in [3.05, 3.63) is 114 Å². The maximum absolute atomic E-state index is 6.68. The molecule has 0 aromatic heterocycles. The maximum Gasteiger partial charge on any atom is 0.150 e. The molecule has 322 valence electrons. The Morgan fingerprint density at radius 2 is 0.633 bits per heavy atom. The molecule has 5 rings (SSSR count). The van der Waals surface area contributed by atoms with E-state index < -0.39 is 0 Å². The normalized spacial score (nSPS) is 11.0. The van der Waals surface area contributed by atoms with Gasteiger partial charge >= 0.3 is 0 Å². The summed E-state index contributed by atoms with van der Waals surface area (Å²) in [5.41, 5.74) is 9.36. The van der Waals surface area contributed by atoms with Gasteiger partial charge in [0.15, 0.2) is 11.5 Å². The molecule has 0 heterocycles. The van der Waals surface area contributed by atoms with Crippen molar-refractivity contribution in [1.82, 2.24) is 0 Å². The topological polar surface area (TPSA) is 52.6 Å². The van der Waals surface area contributed by atoms with Crippen LogP contribution in [-0.2, 0) is 0 Å². The summed E-state index contributed by atoms with van der Waals surface area (Å²) in [6.45, 7) is 20.4. The van der Waals surface area contributed by atoms with Gasteiger partial charge in [-0.3, -0.25) is 0 Å². The Kier molecular flexibility index (Phi) is 18.4. The lowest BCUT2D eigenvalue weighted by molar-refractivity contribution is 0.281. The van der Waals surface area contributed by atoms with E-state index in [2.05, 4.69) is 150 Å². The van der Waals surface area contributed by atoms with Crippen LogP contribution in [0.5, 0.6) is 28.7 Å². The second-order valence-electron chi connectivity index (χ2n) is 15.7. The van der Waals surface area contributed by atoms with Gasteiger partial charge in [-0.15, -0.1) is 0 Å². The zero-order valence-corrected chi connectivity index (χ0v) is 37.8. The van der Waals surface area contributed by atoms with E-state index in [0.29, 0.717) is 33.0 Å². The molecule has 5 aromatic carbocycles. The predicted octanol–water partition coefficient (Wildman–Crippen LogP) is 15.4. The maximum atomic E-state index is 6.68. The fourth-order valence-corrected chi connectivity index (χ4v) is 6.88. The second kappa shape index (κ2) is 24.1. The summed E-state index contributed by atoms with van der Waals surface area (Å²) < 4.78 is 32.5. The molecule has 0 unspecified atom stereocenters. The first-order chi connectivity index (χ1) is 29.3. The van der Waals surface area contributed by atoms with Crippen molar-refractivity contribution in [2.75, 3.05) is 42.8 Å². The largest absolute Gasteiger partial charge is 0.493 e. The fourth-order valence-electron chi connectivity index (χ4n) is 6.88. The molecule has 0 amide bonds. The van der Waals surface area contributed by atoms with E-state index in [1.54, 1.807) is 0 Å².